The Kier molecular flexibility index (Phi) is 4.30. The van der Waals surface area contributed by atoms with Gasteiger partial charge >= 0.3 is 0 Å². The highest BCUT2D eigenvalue weighted by atomic mass is 35.5. The summed E-state index contributed by atoms with van der Waals surface area (Å²) < 4.78 is 0. The first-order chi connectivity index (χ1) is 14.7. The fraction of sp³-hybridized carbons (Fsp3) is 0.174. The van der Waals surface area contributed by atoms with Crippen LogP contribution >= 0.6 is 34.5 Å². The van der Waals surface area contributed by atoms with Gasteiger partial charge in [-0.25, -0.2) is 9.97 Å². The molecule has 0 saturated heterocycles. The fourth-order valence-corrected chi connectivity index (χ4v) is 5.99. The van der Waals surface area contributed by atoms with Crippen molar-refractivity contribution in [2.75, 3.05) is 5.32 Å². The Morgan fingerprint density at radius 3 is 2.77 bits per heavy atom. The Morgan fingerprint density at radius 1 is 1.07 bits per heavy atom. The predicted molar refractivity (Wildman–Crippen MR) is 124 cm³/mol. The van der Waals surface area contributed by atoms with Gasteiger partial charge in [-0.1, -0.05) is 35.3 Å². The van der Waals surface area contributed by atoms with Gasteiger partial charge in [0.25, 0.3) is 0 Å². The van der Waals surface area contributed by atoms with E-state index >= 15 is 0 Å². The summed E-state index contributed by atoms with van der Waals surface area (Å²) in [6.07, 6.45) is 8.28. The van der Waals surface area contributed by atoms with Crippen LogP contribution in [-0.4, -0.2) is 15.0 Å². The molecular weight excluding hydrogens is 435 g/mol. The molecule has 4 aromatic rings. The Morgan fingerprint density at radius 2 is 1.93 bits per heavy atom. The number of pyridine rings is 1. The van der Waals surface area contributed by atoms with Crippen molar-refractivity contribution in [3.8, 4) is 11.4 Å². The number of halogens is 2. The molecule has 0 saturated carbocycles. The topological polar surface area (TPSA) is 50.7 Å². The lowest BCUT2D eigenvalue weighted by molar-refractivity contribution is 0.797. The number of allylic oxidation sites excluding steroid dienone is 2. The van der Waals surface area contributed by atoms with Crippen molar-refractivity contribution in [3.63, 3.8) is 0 Å². The standard InChI is InChI=1S/C23H16Cl2N4S/c24-16-5-4-12(10-17(16)25)11-27-22-19-18-14-2-1-3-15(14)20(18)30-23(19)29-21(28-22)13-6-8-26-9-7-13/h2,4-10,15H,1,3,11H2,(H,27,28,29). The SMILES string of the molecule is Clc1ccc(CNc2nc(-c3ccncc3)nc3sc4c(c23)C2=CCCC24)cc1Cl. The highest BCUT2D eigenvalue weighted by molar-refractivity contribution is 7.19. The summed E-state index contributed by atoms with van der Waals surface area (Å²) in [4.78, 5) is 16.4. The lowest BCUT2D eigenvalue weighted by atomic mass is 9.80. The Balaban J connectivity index is 1.46. The van der Waals surface area contributed by atoms with Gasteiger partial charge in [-0.15, -0.1) is 11.3 Å². The number of nitrogens with one attached hydrogen (secondary N) is 1. The number of nitrogens with zero attached hydrogens (tertiary/aromatic N) is 3. The first-order valence-electron chi connectivity index (χ1n) is 9.82. The minimum Gasteiger partial charge on any atom is -0.365 e. The largest absolute Gasteiger partial charge is 0.365 e. The number of hydrogen-bond donors (Lipinski definition) is 1. The van der Waals surface area contributed by atoms with E-state index < -0.39 is 0 Å². The van der Waals surface area contributed by atoms with Gasteiger partial charge in [-0.3, -0.25) is 4.98 Å². The summed E-state index contributed by atoms with van der Waals surface area (Å²) in [6.45, 7) is 0.603. The maximum absolute atomic E-state index is 6.20. The van der Waals surface area contributed by atoms with Crippen molar-refractivity contribution >= 4 is 56.1 Å². The van der Waals surface area contributed by atoms with Crippen LogP contribution in [0.15, 0.2) is 48.8 Å². The third-order valence-corrected chi connectivity index (χ3v) is 7.70. The molecule has 0 aliphatic heterocycles. The second-order valence-electron chi connectivity index (χ2n) is 7.54. The van der Waals surface area contributed by atoms with E-state index in [2.05, 4.69) is 16.4 Å². The summed E-state index contributed by atoms with van der Waals surface area (Å²) in [5, 5.41) is 5.79. The average molecular weight is 451 g/mol. The molecule has 4 nitrogen and oxygen atoms in total. The molecule has 2 aliphatic carbocycles. The highest BCUT2D eigenvalue weighted by Gasteiger charge is 2.39. The van der Waals surface area contributed by atoms with Gasteiger partial charge in [0.05, 0.1) is 15.4 Å². The Labute approximate surface area is 187 Å². The van der Waals surface area contributed by atoms with E-state index in [9.17, 15) is 0 Å². The van der Waals surface area contributed by atoms with Gasteiger partial charge in [-0.2, -0.15) is 0 Å². The van der Waals surface area contributed by atoms with Crippen LogP contribution in [0.2, 0.25) is 10.0 Å². The minimum absolute atomic E-state index is 0.555. The number of benzene rings is 1. The van der Waals surface area contributed by atoms with Gasteiger partial charge < -0.3 is 5.32 Å². The molecule has 1 N–H and O–H groups in total. The molecule has 1 aromatic carbocycles. The fourth-order valence-electron chi connectivity index (χ4n) is 4.32. The second-order valence-corrected chi connectivity index (χ2v) is 9.39. The molecule has 148 valence electrons. The zero-order valence-electron chi connectivity index (χ0n) is 15.8. The van der Waals surface area contributed by atoms with Crippen LogP contribution in [0.3, 0.4) is 0 Å². The van der Waals surface area contributed by atoms with E-state index in [1.807, 2.05) is 30.3 Å². The van der Waals surface area contributed by atoms with Crippen molar-refractivity contribution in [3.05, 3.63) is 74.9 Å². The highest BCUT2D eigenvalue weighted by Crippen LogP contribution is 2.59. The monoisotopic (exact) mass is 450 g/mol. The van der Waals surface area contributed by atoms with E-state index in [0.29, 0.717) is 28.3 Å². The number of hydrogen-bond acceptors (Lipinski definition) is 5. The van der Waals surface area contributed by atoms with E-state index in [4.69, 9.17) is 33.2 Å². The van der Waals surface area contributed by atoms with E-state index in [0.717, 1.165) is 33.6 Å². The number of thiophene rings is 1. The zero-order valence-corrected chi connectivity index (χ0v) is 18.2. The summed E-state index contributed by atoms with van der Waals surface area (Å²) in [5.74, 6) is 2.16. The number of aromatic nitrogens is 3. The third-order valence-electron chi connectivity index (χ3n) is 5.76. The van der Waals surface area contributed by atoms with Crippen molar-refractivity contribution in [2.24, 2.45) is 0 Å². The normalized spacial score (nSPS) is 16.7. The van der Waals surface area contributed by atoms with E-state index in [1.165, 1.54) is 22.4 Å². The predicted octanol–water partition coefficient (Wildman–Crippen LogP) is 6.95. The second kappa shape index (κ2) is 7.05. The molecule has 7 heteroatoms. The van der Waals surface area contributed by atoms with Crippen molar-refractivity contribution in [2.45, 2.75) is 25.3 Å². The summed E-state index contributed by atoms with van der Waals surface area (Å²) in [6, 6.07) is 9.57. The Hall–Kier alpha value is -2.47. The maximum Gasteiger partial charge on any atom is 0.163 e. The zero-order chi connectivity index (χ0) is 20.2. The Bertz CT molecular complexity index is 1330. The number of rotatable bonds is 4. The summed E-state index contributed by atoms with van der Waals surface area (Å²) >= 11 is 14.1. The molecule has 6 rings (SSSR count). The van der Waals surface area contributed by atoms with Crippen LogP contribution in [0.4, 0.5) is 5.82 Å². The summed E-state index contributed by atoms with van der Waals surface area (Å²) in [7, 11) is 0. The maximum atomic E-state index is 6.20. The molecule has 1 unspecified atom stereocenters. The number of anilines is 1. The van der Waals surface area contributed by atoms with Gasteiger partial charge in [0, 0.05) is 40.9 Å². The van der Waals surface area contributed by atoms with Crippen LogP contribution in [0, 0.1) is 0 Å². The van der Waals surface area contributed by atoms with Gasteiger partial charge in [0.2, 0.25) is 0 Å². The quantitative estimate of drug-likeness (QED) is 0.365. The molecule has 0 fully saturated rings. The lowest BCUT2D eigenvalue weighted by Crippen LogP contribution is -2.10. The molecule has 0 amide bonds. The van der Waals surface area contributed by atoms with Crippen molar-refractivity contribution < 1.29 is 0 Å². The molecular formula is C23H16Cl2N4S. The van der Waals surface area contributed by atoms with Crippen LogP contribution in [-0.2, 0) is 6.54 Å². The molecule has 3 aromatic heterocycles. The molecule has 3 heterocycles. The van der Waals surface area contributed by atoms with E-state index in [-0.39, 0.29) is 0 Å². The lowest BCUT2D eigenvalue weighted by Gasteiger charge is -2.26. The third kappa shape index (κ3) is 2.84. The number of fused-ring (bicyclic) bond motifs is 6. The van der Waals surface area contributed by atoms with Crippen molar-refractivity contribution in [1.29, 1.82) is 0 Å². The molecule has 30 heavy (non-hydrogen) atoms. The van der Waals surface area contributed by atoms with Gasteiger partial charge in [0.15, 0.2) is 5.82 Å². The molecule has 0 spiro atoms. The van der Waals surface area contributed by atoms with Crippen LogP contribution in [0.1, 0.15) is 34.8 Å². The van der Waals surface area contributed by atoms with E-state index in [1.54, 1.807) is 23.7 Å². The molecule has 2 aliphatic rings. The molecule has 1 atom stereocenters. The van der Waals surface area contributed by atoms with Crippen LogP contribution in [0.5, 0.6) is 0 Å². The van der Waals surface area contributed by atoms with Crippen LogP contribution < -0.4 is 5.32 Å². The average Bonchev–Trinajstić information content (AvgIpc) is 3.32. The summed E-state index contributed by atoms with van der Waals surface area (Å²) in [5.41, 5.74) is 4.82. The first kappa shape index (κ1) is 18.3. The minimum atomic E-state index is 0.555. The smallest absolute Gasteiger partial charge is 0.163 e. The van der Waals surface area contributed by atoms with Crippen LogP contribution in [0.25, 0.3) is 27.2 Å². The van der Waals surface area contributed by atoms with Crippen molar-refractivity contribution in [1.82, 2.24) is 15.0 Å². The first-order valence-corrected chi connectivity index (χ1v) is 11.4. The van der Waals surface area contributed by atoms with Gasteiger partial charge in [0.1, 0.15) is 10.6 Å². The molecule has 0 radical (unpaired) electrons. The molecule has 0 bridgehead atoms. The van der Waals surface area contributed by atoms with Gasteiger partial charge in [-0.05, 0) is 48.2 Å².